The van der Waals surface area contributed by atoms with Crippen LogP contribution in [0.5, 0.6) is 0 Å². The molecule has 1 saturated heterocycles. The molecule has 1 nitrogen and oxygen atoms in total. The van der Waals surface area contributed by atoms with Gasteiger partial charge in [0, 0.05) is 32.7 Å². The fourth-order valence-electron chi connectivity index (χ4n) is 2.54. The molecule has 1 saturated carbocycles. The van der Waals surface area contributed by atoms with E-state index in [1.807, 2.05) is 0 Å². The molecule has 0 unspecified atom stereocenters. The molecule has 1 radical (unpaired) electrons. The van der Waals surface area contributed by atoms with Crippen LogP contribution in [0.1, 0.15) is 38.5 Å². The first-order chi connectivity index (χ1) is 5.41. The largest absolute Gasteiger partial charge is 0.328 e. The predicted molar refractivity (Wildman–Crippen MR) is 47.3 cm³/mol. The van der Waals surface area contributed by atoms with Gasteiger partial charge in [0.25, 0.3) is 0 Å². The van der Waals surface area contributed by atoms with Gasteiger partial charge in [0.1, 0.15) is 0 Å². The third kappa shape index (κ3) is 2.53. The standard InChI is InChI=1S/C10H18N.Y/c1-2-4-10(5-3-1)6-8-11-9-7-10;/h1,11H,2-9H2;/q-1;. The number of nitrogens with one attached hydrogen (secondary N) is 1. The Morgan fingerprint density at radius 1 is 0.917 bits per heavy atom. The van der Waals surface area contributed by atoms with Crippen molar-refractivity contribution >= 4 is 0 Å². The van der Waals surface area contributed by atoms with E-state index in [0.717, 1.165) is 5.41 Å². The minimum atomic E-state index is 0. The van der Waals surface area contributed by atoms with E-state index in [9.17, 15) is 0 Å². The molecule has 0 bridgehead atoms. The van der Waals surface area contributed by atoms with E-state index in [1.165, 1.54) is 51.6 Å². The van der Waals surface area contributed by atoms with Gasteiger partial charge in [-0.05, 0) is 31.3 Å². The molecule has 1 N–H and O–H groups in total. The SMILES string of the molecule is [CH-]1CCC2(CC1)CCNCC2.[Y]. The maximum absolute atomic E-state index is 3.45. The molecular formula is C10H18NY-. The average molecular weight is 241 g/mol. The third-order valence-electron chi connectivity index (χ3n) is 3.42. The second kappa shape index (κ2) is 5.07. The van der Waals surface area contributed by atoms with E-state index < -0.39 is 0 Å². The average Bonchev–Trinajstić information content (AvgIpc) is 2.07. The summed E-state index contributed by atoms with van der Waals surface area (Å²) in [7, 11) is 0. The maximum atomic E-state index is 3.45. The Labute approximate surface area is 101 Å². The van der Waals surface area contributed by atoms with E-state index in [4.69, 9.17) is 0 Å². The Morgan fingerprint density at radius 3 is 2.08 bits per heavy atom. The summed E-state index contributed by atoms with van der Waals surface area (Å²) in [4.78, 5) is 0. The molecule has 2 heteroatoms. The Bertz CT molecular complexity index is 104. The fraction of sp³-hybridized carbons (Fsp3) is 0.900. The first-order valence-corrected chi connectivity index (χ1v) is 4.94. The quantitative estimate of drug-likeness (QED) is 0.641. The van der Waals surface area contributed by atoms with E-state index >= 15 is 0 Å². The van der Waals surface area contributed by atoms with Crippen molar-refractivity contribution in [1.29, 1.82) is 0 Å². The minimum Gasteiger partial charge on any atom is -0.328 e. The van der Waals surface area contributed by atoms with Gasteiger partial charge in [0.05, 0.1) is 0 Å². The van der Waals surface area contributed by atoms with Gasteiger partial charge in [-0.25, -0.2) is 0 Å². The summed E-state index contributed by atoms with van der Waals surface area (Å²) in [5.41, 5.74) is 0.764. The van der Waals surface area contributed by atoms with Crippen LogP contribution < -0.4 is 5.32 Å². The third-order valence-corrected chi connectivity index (χ3v) is 3.42. The van der Waals surface area contributed by atoms with Gasteiger partial charge in [-0.3, -0.25) is 0 Å². The van der Waals surface area contributed by atoms with E-state index in [2.05, 4.69) is 11.7 Å². The molecule has 1 aliphatic heterocycles. The van der Waals surface area contributed by atoms with Crippen molar-refractivity contribution in [1.82, 2.24) is 5.32 Å². The van der Waals surface area contributed by atoms with Gasteiger partial charge in [-0.2, -0.15) is 12.8 Å². The fourth-order valence-corrected chi connectivity index (χ4v) is 2.54. The van der Waals surface area contributed by atoms with Crippen molar-refractivity contribution in [3.63, 3.8) is 0 Å². The van der Waals surface area contributed by atoms with Crippen LogP contribution in [-0.4, -0.2) is 13.1 Å². The number of hydrogen-bond donors (Lipinski definition) is 1. The Kier molecular flexibility index (Phi) is 4.71. The first-order valence-electron chi connectivity index (χ1n) is 4.94. The summed E-state index contributed by atoms with van der Waals surface area (Å²) >= 11 is 0. The summed E-state index contributed by atoms with van der Waals surface area (Å²) < 4.78 is 0. The minimum absolute atomic E-state index is 0. The van der Waals surface area contributed by atoms with Crippen molar-refractivity contribution in [2.75, 3.05) is 13.1 Å². The Balaban J connectivity index is 0.000000720. The van der Waals surface area contributed by atoms with Crippen LogP contribution in [-0.2, 0) is 32.7 Å². The monoisotopic (exact) mass is 241 g/mol. The molecule has 0 aromatic rings. The number of rotatable bonds is 0. The molecule has 2 rings (SSSR count). The maximum Gasteiger partial charge on any atom is 0 e. The summed E-state index contributed by atoms with van der Waals surface area (Å²) in [5.74, 6) is 0. The molecule has 1 aliphatic carbocycles. The van der Waals surface area contributed by atoms with Crippen molar-refractivity contribution < 1.29 is 32.7 Å². The van der Waals surface area contributed by atoms with Gasteiger partial charge in [0.15, 0.2) is 0 Å². The van der Waals surface area contributed by atoms with Crippen LogP contribution in [0.4, 0.5) is 0 Å². The molecule has 1 heterocycles. The van der Waals surface area contributed by atoms with Gasteiger partial charge in [-0.15, -0.1) is 0 Å². The molecular weight excluding hydrogens is 223 g/mol. The molecule has 67 valence electrons. The molecule has 1 spiro atoms. The molecule has 0 aromatic carbocycles. The number of hydrogen-bond acceptors (Lipinski definition) is 1. The molecule has 0 atom stereocenters. The summed E-state index contributed by atoms with van der Waals surface area (Å²) in [5, 5.41) is 3.45. The molecule has 2 aliphatic rings. The second-order valence-corrected chi connectivity index (χ2v) is 4.12. The summed E-state index contributed by atoms with van der Waals surface area (Å²) in [6.45, 7) is 2.53. The number of piperidine rings is 1. The topological polar surface area (TPSA) is 12.0 Å². The summed E-state index contributed by atoms with van der Waals surface area (Å²) in [6, 6.07) is 0. The van der Waals surface area contributed by atoms with Crippen LogP contribution in [0.2, 0.25) is 0 Å². The zero-order valence-corrected chi connectivity index (χ0v) is 10.6. The van der Waals surface area contributed by atoms with Gasteiger partial charge < -0.3 is 11.7 Å². The van der Waals surface area contributed by atoms with Crippen LogP contribution in [0, 0.1) is 11.8 Å². The van der Waals surface area contributed by atoms with Crippen molar-refractivity contribution in [3.05, 3.63) is 6.42 Å². The van der Waals surface area contributed by atoms with E-state index in [0.29, 0.717) is 0 Å². The van der Waals surface area contributed by atoms with Crippen LogP contribution >= 0.6 is 0 Å². The van der Waals surface area contributed by atoms with Crippen LogP contribution in [0.3, 0.4) is 0 Å². The van der Waals surface area contributed by atoms with E-state index in [1.54, 1.807) is 0 Å². The Hall–Kier alpha value is 1.06. The van der Waals surface area contributed by atoms with Gasteiger partial charge >= 0.3 is 0 Å². The molecule has 0 aromatic heterocycles. The normalized spacial score (nSPS) is 28.0. The molecule has 12 heavy (non-hydrogen) atoms. The molecule has 0 amide bonds. The zero-order valence-electron chi connectivity index (χ0n) is 7.81. The van der Waals surface area contributed by atoms with Gasteiger partial charge in [-0.1, -0.05) is 12.8 Å². The summed E-state index contributed by atoms with van der Waals surface area (Å²) in [6.07, 6.45) is 11.0. The Morgan fingerprint density at radius 2 is 1.50 bits per heavy atom. The smallest absolute Gasteiger partial charge is 0 e. The second-order valence-electron chi connectivity index (χ2n) is 4.12. The first kappa shape index (κ1) is 11.1. The van der Waals surface area contributed by atoms with Crippen molar-refractivity contribution in [2.24, 2.45) is 5.41 Å². The van der Waals surface area contributed by atoms with Crippen LogP contribution in [0.25, 0.3) is 0 Å². The van der Waals surface area contributed by atoms with Crippen molar-refractivity contribution in [2.45, 2.75) is 38.5 Å². The predicted octanol–water partition coefficient (Wildman–Crippen LogP) is 2.13. The van der Waals surface area contributed by atoms with Crippen molar-refractivity contribution in [3.8, 4) is 0 Å². The van der Waals surface area contributed by atoms with Gasteiger partial charge in [0.2, 0.25) is 0 Å². The van der Waals surface area contributed by atoms with E-state index in [-0.39, 0.29) is 32.7 Å². The molecule has 2 fully saturated rings. The van der Waals surface area contributed by atoms with Crippen LogP contribution in [0.15, 0.2) is 0 Å². The zero-order chi connectivity index (χ0) is 7.57.